The zero-order valence-corrected chi connectivity index (χ0v) is 14.1. The Morgan fingerprint density at radius 3 is 2.68 bits per heavy atom. The molecule has 0 aromatic carbocycles. The summed E-state index contributed by atoms with van der Waals surface area (Å²) in [6, 6.07) is 2.17. The van der Waals surface area contributed by atoms with Gasteiger partial charge in [0.1, 0.15) is 0 Å². The highest BCUT2D eigenvalue weighted by Crippen LogP contribution is 2.36. The van der Waals surface area contributed by atoms with E-state index < -0.39 is 0 Å². The number of nitrogens with one attached hydrogen (secondary N) is 1. The second kappa shape index (κ2) is 5.93. The van der Waals surface area contributed by atoms with Crippen LogP contribution in [0.25, 0.3) is 0 Å². The predicted molar refractivity (Wildman–Crippen MR) is 83.5 cm³/mol. The van der Waals surface area contributed by atoms with Crippen molar-refractivity contribution in [3.05, 3.63) is 37.2 Å². The van der Waals surface area contributed by atoms with E-state index in [2.05, 4.69) is 53.3 Å². The van der Waals surface area contributed by atoms with Crippen LogP contribution in [0.1, 0.15) is 42.1 Å². The first kappa shape index (κ1) is 15.0. The van der Waals surface area contributed by atoms with Crippen molar-refractivity contribution in [3.8, 4) is 0 Å². The second-order valence-electron chi connectivity index (χ2n) is 4.62. The van der Waals surface area contributed by atoms with Crippen LogP contribution in [-0.2, 0) is 0 Å². The van der Waals surface area contributed by atoms with Crippen LogP contribution in [0.3, 0.4) is 0 Å². The lowest BCUT2D eigenvalue weighted by Crippen LogP contribution is -2.30. The van der Waals surface area contributed by atoms with Crippen molar-refractivity contribution in [2.24, 2.45) is 5.84 Å². The summed E-state index contributed by atoms with van der Waals surface area (Å²) in [5.74, 6) is 5.73. The quantitative estimate of drug-likeness (QED) is 0.641. The van der Waals surface area contributed by atoms with Crippen LogP contribution in [0.2, 0.25) is 5.02 Å². The van der Waals surface area contributed by atoms with Crippen molar-refractivity contribution >= 4 is 38.9 Å². The number of aryl methyl sites for hydroxylation is 1. The highest BCUT2D eigenvalue weighted by Gasteiger charge is 2.24. The van der Waals surface area contributed by atoms with Gasteiger partial charge in [-0.1, -0.05) is 11.6 Å². The van der Waals surface area contributed by atoms with Crippen molar-refractivity contribution in [2.45, 2.75) is 32.9 Å². The van der Waals surface area contributed by atoms with Crippen molar-refractivity contribution in [2.75, 3.05) is 0 Å². The average molecular weight is 364 g/mol. The number of thiophene rings is 1. The standard InChI is InChI=1S/C12H16BrClN4S/c1-6(2)18-11(8(14)5-16-18)10(17-15)9-4-7(3)12(13)19-9/h4-6,10,17H,15H2,1-3H3. The first-order valence-corrected chi connectivity index (χ1v) is 7.89. The Balaban J connectivity index is 2.50. The lowest BCUT2D eigenvalue weighted by Gasteiger charge is -2.19. The van der Waals surface area contributed by atoms with Gasteiger partial charge in [-0.05, 0) is 48.3 Å². The van der Waals surface area contributed by atoms with Gasteiger partial charge in [0.05, 0.1) is 26.7 Å². The van der Waals surface area contributed by atoms with Crippen LogP contribution in [0.15, 0.2) is 16.0 Å². The van der Waals surface area contributed by atoms with Crippen LogP contribution in [-0.4, -0.2) is 9.78 Å². The molecule has 7 heteroatoms. The van der Waals surface area contributed by atoms with Gasteiger partial charge in [-0.2, -0.15) is 5.10 Å². The molecule has 0 spiro atoms. The minimum atomic E-state index is -0.160. The van der Waals surface area contributed by atoms with Gasteiger partial charge >= 0.3 is 0 Å². The van der Waals surface area contributed by atoms with Crippen molar-refractivity contribution in [1.82, 2.24) is 15.2 Å². The Hall–Kier alpha value is -0.400. The van der Waals surface area contributed by atoms with Crippen LogP contribution in [0, 0.1) is 6.92 Å². The Morgan fingerprint density at radius 2 is 2.21 bits per heavy atom. The molecule has 3 N–H and O–H groups in total. The van der Waals surface area contributed by atoms with E-state index in [0.29, 0.717) is 5.02 Å². The Bertz CT molecular complexity index is 559. The highest BCUT2D eigenvalue weighted by molar-refractivity contribution is 9.11. The van der Waals surface area contributed by atoms with Gasteiger partial charge in [-0.15, -0.1) is 11.3 Å². The molecule has 0 fully saturated rings. The third-order valence-corrected chi connectivity index (χ3v) is 5.37. The summed E-state index contributed by atoms with van der Waals surface area (Å²) in [5.41, 5.74) is 4.92. The number of nitrogens with zero attached hydrogens (tertiary/aromatic N) is 2. The summed E-state index contributed by atoms with van der Waals surface area (Å²) in [6.07, 6.45) is 1.66. The molecule has 0 aliphatic carbocycles. The number of aromatic nitrogens is 2. The molecule has 2 heterocycles. The monoisotopic (exact) mass is 362 g/mol. The normalized spacial score (nSPS) is 13.2. The van der Waals surface area contributed by atoms with Gasteiger partial charge in [-0.25, -0.2) is 5.43 Å². The van der Waals surface area contributed by atoms with E-state index in [9.17, 15) is 0 Å². The second-order valence-corrected chi connectivity index (χ2v) is 7.43. The topological polar surface area (TPSA) is 55.9 Å². The van der Waals surface area contributed by atoms with Gasteiger partial charge < -0.3 is 0 Å². The lowest BCUT2D eigenvalue weighted by atomic mass is 10.1. The van der Waals surface area contributed by atoms with Gasteiger partial charge in [0.25, 0.3) is 0 Å². The van der Waals surface area contributed by atoms with Crippen LogP contribution < -0.4 is 11.3 Å². The molecule has 104 valence electrons. The molecule has 2 aromatic rings. The molecule has 2 rings (SSSR count). The van der Waals surface area contributed by atoms with E-state index in [1.54, 1.807) is 17.5 Å². The van der Waals surface area contributed by atoms with Crippen LogP contribution >= 0.6 is 38.9 Å². The number of hydrogen-bond donors (Lipinski definition) is 2. The SMILES string of the molecule is Cc1cc(C(NN)c2c(Cl)cnn2C(C)C)sc1Br. The minimum absolute atomic E-state index is 0.160. The maximum Gasteiger partial charge on any atom is 0.0985 e. The summed E-state index contributed by atoms with van der Waals surface area (Å²) < 4.78 is 3.00. The molecular formula is C12H16BrClN4S. The summed E-state index contributed by atoms with van der Waals surface area (Å²) in [7, 11) is 0. The zero-order valence-electron chi connectivity index (χ0n) is 10.9. The van der Waals surface area contributed by atoms with Crippen molar-refractivity contribution in [1.29, 1.82) is 0 Å². The highest BCUT2D eigenvalue weighted by atomic mass is 79.9. The fraction of sp³-hybridized carbons (Fsp3) is 0.417. The number of nitrogens with two attached hydrogens (primary N) is 1. The largest absolute Gasteiger partial charge is 0.270 e. The third kappa shape index (κ3) is 2.87. The van der Waals surface area contributed by atoms with Crippen LogP contribution in [0.4, 0.5) is 0 Å². The molecule has 1 atom stereocenters. The van der Waals surface area contributed by atoms with E-state index >= 15 is 0 Å². The van der Waals surface area contributed by atoms with Gasteiger partial charge in [0, 0.05) is 10.9 Å². The molecule has 4 nitrogen and oxygen atoms in total. The van der Waals surface area contributed by atoms with Gasteiger partial charge in [-0.3, -0.25) is 10.5 Å². The Morgan fingerprint density at radius 1 is 1.53 bits per heavy atom. The third-order valence-electron chi connectivity index (χ3n) is 2.88. The fourth-order valence-electron chi connectivity index (χ4n) is 1.95. The summed E-state index contributed by atoms with van der Waals surface area (Å²) in [5, 5.41) is 4.94. The van der Waals surface area contributed by atoms with E-state index in [1.807, 2.05) is 4.68 Å². The van der Waals surface area contributed by atoms with Gasteiger partial charge in [0.2, 0.25) is 0 Å². The number of halogens is 2. The van der Waals surface area contributed by atoms with E-state index in [1.165, 1.54) is 5.56 Å². The summed E-state index contributed by atoms with van der Waals surface area (Å²) >= 11 is 11.5. The van der Waals surface area contributed by atoms with E-state index in [0.717, 1.165) is 14.4 Å². The lowest BCUT2D eigenvalue weighted by molar-refractivity contribution is 0.478. The molecular weight excluding hydrogens is 348 g/mol. The molecule has 1 unspecified atom stereocenters. The fourth-order valence-corrected chi connectivity index (χ4v) is 3.83. The molecule has 0 bridgehead atoms. The van der Waals surface area contributed by atoms with Crippen LogP contribution in [0.5, 0.6) is 0 Å². The molecule has 0 aliphatic rings. The maximum absolute atomic E-state index is 6.27. The maximum atomic E-state index is 6.27. The van der Waals surface area contributed by atoms with Crippen molar-refractivity contribution in [3.63, 3.8) is 0 Å². The molecule has 0 saturated carbocycles. The zero-order chi connectivity index (χ0) is 14.2. The number of rotatable bonds is 4. The number of hydrogen-bond acceptors (Lipinski definition) is 4. The Labute approximate surface area is 130 Å². The summed E-state index contributed by atoms with van der Waals surface area (Å²) in [6.45, 7) is 6.19. The van der Waals surface area contributed by atoms with Gasteiger partial charge in [0.15, 0.2) is 0 Å². The van der Waals surface area contributed by atoms with Crippen molar-refractivity contribution < 1.29 is 0 Å². The predicted octanol–water partition coefficient (Wildman–Crippen LogP) is 3.80. The van der Waals surface area contributed by atoms with E-state index in [-0.39, 0.29) is 12.1 Å². The summed E-state index contributed by atoms with van der Waals surface area (Å²) in [4.78, 5) is 1.11. The molecule has 0 aliphatic heterocycles. The molecule has 0 radical (unpaired) electrons. The first-order valence-electron chi connectivity index (χ1n) is 5.90. The molecule has 2 aromatic heterocycles. The molecule has 0 amide bonds. The first-order chi connectivity index (χ1) is 8.95. The average Bonchev–Trinajstić information content (AvgIpc) is 2.86. The number of hydrazine groups is 1. The molecule has 0 saturated heterocycles. The smallest absolute Gasteiger partial charge is 0.0985 e. The van der Waals surface area contributed by atoms with E-state index in [4.69, 9.17) is 17.4 Å². The molecule has 19 heavy (non-hydrogen) atoms. The minimum Gasteiger partial charge on any atom is -0.270 e. The Kier molecular flexibility index (Phi) is 4.68.